The Balaban J connectivity index is 1.15. The summed E-state index contributed by atoms with van der Waals surface area (Å²) in [5.41, 5.74) is 7.89. The van der Waals surface area contributed by atoms with Crippen molar-refractivity contribution < 1.29 is 19.1 Å². The number of pyridine rings is 1. The summed E-state index contributed by atoms with van der Waals surface area (Å²) in [5, 5.41) is 14.2. The van der Waals surface area contributed by atoms with Crippen LogP contribution < -0.4 is 0 Å². The first-order valence-electron chi connectivity index (χ1n) is 13.5. The van der Waals surface area contributed by atoms with Crippen molar-refractivity contribution >= 4 is 5.71 Å². The van der Waals surface area contributed by atoms with E-state index < -0.39 is 6.10 Å². The molecule has 0 radical (unpaired) electrons. The summed E-state index contributed by atoms with van der Waals surface area (Å²) >= 11 is 0. The standard InChI is InChI=1S/C32H35N3O4/c1-24(34-39-22-28(36)21-37-23-29-13-8-18-38-29)14-16-35-17-15-31-27(20-35)19-30(25-9-4-2-5-10-25)32(33-31)26-11-6-3-7-12-26/h2-13,18-19,28,36H,14-17,20-23H2,1H3/t28-/m0/s1. The minimum Gasteiger partial charge on any atom is -0.467 e. The van der Waals surface area contributed by atoms with Crippen molar-refractivity contribution in [3.63, 3.8) is 0 Å². The van der Waals surface area contributed by atoms with Gasteiger partial charge in [0.1, 0.15) is 25.1 Å². The number of hydrogen-bond acceptors (Lipinski definition) is 7. The monoisotopic (exact) mass is 525 g/mol. The number of rotatable bonds is 12. The van der Waals surface area contributed by atoms with Crippen LogP contribution in [0.1, 0.15) is 30.4 Å². The summed E-state index contributed by atoms with van der Waals surface area (Å²) in [6, 6.07) is 26.9. The molecule has 0 amide bonds. The molecule has 0 fully saturated rings. The molecule has 7 nitrogen and oxygen atoms in total. The van der Waals surface area contributed by atoms with E-state index in [1.54, 1.807) is 12.3 Å². The average molecular weight is 526 g/mol. The van der Waals surface area contributed by atoms with E-state index in [-0.39, 0.29) is 13.2 Å². The van der Waals surface area contributed by atoms with Crippen molar-refractivity contribution in [3.05, 3.63) is 102 Å². The number of hydrogen-bond donors (Lipinski definition) is 1. The maximum atomic E-state index is 10.1. The van der Waals surface area contributed by atoms with Crippen molar-refractivity contribution in [1.82, 2.24) is 9.88 Å². The van der Waals surface area contributed by atoms with E-state index in [4.69, 9.17) is 19.0 Å². The normalized spacial score (nSPS) is 14.7. The summed E-state index contributed by atoms with van der Waals surface area (Å²) in [6.07, 6.45) is 2.56. The molecular weight excluding hydrogens is 490 g/mol. The minimum absolute atomic E-state index is 0.0876. The Morgan fingerprint density at radius 2 is 1.79 bits per heavy atom. The van der Waals surface area contributed by atoms with E-state index in [9.17, 15) is 5.11 Å². The summed E-state index contributed by atoms with van der Waals surface area (Å²) < 4.78 is 10.6. The zero-order chi connectivity index (χ0) is 26.9. The Hall–Kier alpha value is -3.78. The van der Waals surface area contributed by atoms with Gasteiger partial charge in [0.2, 0.25) is 0 Å². The quantitative estimate of drug-likeness (QED) is 0.188. The molecule has 2 aromatic heterocycles. The van der Waals surface area contributed by atoms with E-state index in [2.05, 4.69) is 64.7 Å². The van der Waals surface area contributed by atoms with Crippen LogP contribution in [0.4, 0.5) is 0 Å². The van der Waals surface area contributed by atoms with Crippen LogP contribution in [0.2, 0.25) is 0 Å². The first kappa shape index (κ1) is 26.8. The molecular formula is C32H35N3O4. The van der Waals surface area contributed by atoms with Crippen molar-refractivity contribution in [3.8, 4) is 22.4 Å². The molecule has 0 unspecified atom stereocenters. The SMILES string of the molecule is CC(CCN1CCc2nc(-c3ccccc3)c(-c3ccccc3)cc2C1)=NOC[C@@H](O)COCc1ccco1. The maximum Gasteiger partial charge on any atom is 0.145 e. The van der Waals surface area contributed by atoms with Crippen molar-refractivity contribution in [2.75, 3.05) is 26.3 Å². The lowest BCUT2D eigenvalue weighted by Crippen LogP contribution is -2.32. The zero-order valence-corrected chi connectivity index (χ0v) is 22.3. The highest BCUT2D eigenvalue weighted by Crippen LogP contribution is 2.34. The smallest absolute Gasteiger partial charge is 0.145 e. The van der Waals surface area contributed by atoms with Gasteiger partial charge in [0.25, 0.3) is 0 Å². The molecule has 0 bridgehead atoms. The Morgan fingerprint density at radius 1 is 1.03 bits per heavy atom. The summed E-state index contributed by atoms with van der Waals surface area (Å²) in [5.74, 6) is 0.723. The topological polar surface area (TPSA) is 80.3 Å². The Bertz CT molecular complexity index is 1340. The highest BCUT2D eigenvalue weighted by atomic mass is 16.6. The van der Waals surface area contributed by atoms with Crippen LogP contribution in [-0.4, -0.2) is 53.1 Å². The van der Waals surface area contributed by atoms with E-state index in [1.165, 1.54) is 22.4 Å². The van der Waals surface area contributed by atoms with Crippen LogP contribution in [0, 0.1) is 0 Å². The van der Waals surface area contributed by atoms with Gasteiger partial charge >= 0.3 is 0 Å². The van der Waals surface area contributed by atoms with Crippen LogP contribution in [0.15, 0.2) is 94.7 Å². The molecule has 0 spiro atoms. The average Bonchev–Trinajstić information content (AvgIpc) is 3.50. The lowest BCUT2D eigenvalue weighted by atomic mass is 9.94. The molecule has 5 rings (SSSR count). The molecule has 39 heavy (non-hydrogen) atoms. The predicted octanol–water partition coefficient (Wildman–Crippen LogP) is 5.73. The second-order valence-corrected chi connectivity index (χ2v) is 9.87. The molecule has 7 heteroatoms. The molecule has 3 heterocycles. The second-order valence-electron chi connectivity index (χ2n) is 9.87. The molecule has 1 atom stereocenters. The van der Waals surface area contributed by atoms with Crippen molar-refractivity contribution in [1.29, 1.82) is 0 Å². The number of aliphatic hydroxyl groups excluding tert-OH is 1. The van der Waals surface area contributed by atoms with Gasteiger partial charge in [-0.3, -0.25) is 9.88 Å². The van der Waals surface area contributed by atoms with E-state index in [0.717, 1.165) is 55.2 Å². The first-order valence-corrected chi connectivity index (χ1v) is 13.5. The minimum atomic E-state index is -0.748. The van der Waals surface area contributed by atoms with Gasteiger partial charge in [-0.25, -0.2) is 0 Å². The number of aliphatic hydroxyl groups is 1. The predicted molar refractivity (Wildman–Crippen MR) is 152 cm³/mol. The molecule has 0 aliphatic carbocycles. The van der Waals surface area contributed by atoms with E-state index >= 15 is 0 Å². The van der Waals surface area contributed by atoms with E-state index in [1.807, 2.05) is 25.1 Å². The highest BCUT2D eigenvalue weighted by molar-refractivity contribution is 5.82. The van der Waals surface area contributed by atoms with Crippen molar-refractivity contribution in [2.24, 2.45) is 5.16 Å². The molecule has 1 aliphatic rings. The fraction of sp³-hybridized carbons (Fsp3) is 0.312. The first-order chi connectivity index (χ1) is 19.2. The third-order valence-corrected chi connectivity index (χ3v) is 6.79. The summed E-state index contributed by atoms with van der Waals surface area (Å²) in [4.78, 5) is 13.0. The van der Waals surface area contributed by atoms with Gasteiger partial charge in [0.05, 0.1) is 24.3 Å². The van der Waals surface area contributed by atoms with Crippen LogP contribution >= 0.6 is 0 Å². The zero-order valence-electron chi connectivity index (χ0n) is 22.3. The maximum absolute atomic E-state index is 10.1. The van der Waals surface area contributed by atoms with Gasteiger partial charge in [-0.2, -0.15) is 0 Å². The number of oxime groups is 1. The van der Waals surface area contributed by atoms with Gasteiger partial charge in [0.15, 0.2) is 0 Å². The largest absolute Gasteiger partial charge is 0.467 e. The Morgan fingerprint density at radius 3 is 2.54 bits per heavy atom. The number of ether oxygens (including phenoxy) is 1. The molecule has 0 saturated heterocycles. The number of nitrogens with zero attached hydrogens (tertiary/aromatic N) is 3. The second kappa shape index (κ2) is 13.3. The number of fused-ring (bicyclic) bond motifs is 1. The van der Waals surface area contributed by atoms with Crippen LogP contribution in [-0.2, 0) is 29.1 Å². The van der Waals surface area contributed by atoms with Gasteiger partial charge < -0.3 is 19.1 Å². The summed E-state index contributed by atoms with van der Waals surface area (Å²) in [6.45, 7) is 5.22. The Kier molecular flexibility index (Phi) is 9.17. The molecule has 1 aliphatic heterocycles. The van der Waals surface area contributed by atoms with Crippen LogP contribution in [0.25, 0.3) is 22.4 Å². The molecule has 1 N–H and O–H groups in total. The Labute approximate surface area is 229 Å². The third-order valence-electron chi connectivity index (χ3n) is 6.79. The van der Waals surface area contributed by atoms with Gasteiger partial charge in [0, 0.05) is 49.3 Å². The molecule has 2 aromatic carbocycles. The number of benzene rings is 2. The third kappa shape index (κ3) is 7.41. The lowest BCUT2D eigenvalue weighted by molar-refractivity contribution is -0.0254. The fourth-order valence-corrected chi connectivity index (χ4v) is 4.71. The van der Waals surface area contributed by atoms with Gasteiger partial charge in [-0.15, -0.1) is 0 Å². The number of furan rings is 1. The lowest BCUT2D eigenvalue weighted by Gasteiger charge is -2.29. The fourth-order valence-electron chi connectivity index (χ4n) is 4.71. The van der Waals surface area contributed by atoms with Gasteiger partial charge in [-0.1, -0.05) is 65.8 Å². The van der Waals surface area contributed by atoms with Crippen LogP contribution in [0.3, 0.4) is 0 Å². The molecule has 0 saturated carbocycles. The van der Waals surface area contributed by atoms with E-state index in [0.29, 0.717) is 6.61 Å². The van der Waals surface area contributed by atoms with Crippen LogP contribution in [0.5, 0.6) is 0 Å². The summed E-state index contributed by atoms with van der Waals surface area (Å²) in [7, 11) is 0. The number of aromatic nitrogens is 1. The highest BCUT2D eigenvalue weighted by Gasteiger charge is 2.21. The molecule has 202 valence electrons. The van der Waals surface area contributed by atoms with Crippen molar-refractivity contribution in [2.45, 2.75) is 39.0 Å². The van der Waals surface area contributed by atoms with Gasteiger partial charge in [-0.05, 0) is 36.2 Å². The molecule has 4 aromatic rings.